The van der Waals surface area contributed by atoms with Crippen molar-refractivity contribution < 1.29 is 4.79 Å². The number of benzene rings is 1. The highest BCUT2D eigenvalue weighted by molar-refractivity contribution is 9.10. The number of rotatable bonds is 5. The summed E-state index contributed by atoms with van der Waals surface area (Å²) in [5.74, 6) is 0.675. The van der Waals surface area contributed by atoms with Gasteiger partial charge in [-0.25, -0.2) is 9.67 Å². The van der Waals surface area contributed by atoms with Crippen LogP contribution in [0.15, 0.2) is 59.3 Å². The second-order valence-electron chi connectivity index (χ2n) is 6.76. The van der Waals surface area contributed by atoms with Crippen LogP contribution < -0.4 is 5.32 Å². The van der Waals surface area contributed by atoms with E-state index in [1.807, 2.05) is 73.3 Å². The lowest BCUT2D eigenvalue weighted by Crippen LogP contribution is -2.27. The van der Waals surface area contributed by atoms with E-state index in [-0.39, 0.29) is 12.5 Å². The lowest BCUT2D eigenvalue weighted by molar-refractivity contribution is -0.121. The Morgan fingerprint density at radius 2 is 1.93 bits per heavy atom. The third-order valence-electron chi connectivity index (χ3n) is 4.53. The third kappa shape index (κ3) is 3.71. The first-order valence-electron chi connectivity index (χ1n) is 9.00. The van der Waals surface area contributed by atoms with E-state index >= 15 is 0 Å². The fourth-order valence-electron chi connectivity index (χ4n) is 3.30. The predicted molar refractivity (Wildman–Crippen MR) is 112 cm³/mol. The lowest BCUT2D eigenvalue weighted by Gasteiger charge is -2.07. The molecule has 0 saturated heterocycles. The van der Waals surface area contributed by atoms with Gasteiger partial charge in [-0.2, -0.15) is 5.10 Å². The average Bonchev–Trinajstić information content (AvgIpc) is 3.29. The van der Waals surface area contributed by atoms with Gasteiger partial charge < -0.3 is 9.88 Å². The maximum atomic E-state index is 12.6. The van der Waals surface area contributed by atoms with Crippen molar-refractivity contribution in [1.29, 1.82) is 0 Å². The number of fused-ring (bicyclic) bond motifs is 1. The van der Waals surface area contributed by atoms with Crippen LogP contribution in [0.3, 0.4) is 0 Å². The van der Waals surface area contributed by atoms with E-state index in [9.17, 15) is 4.79 Å². The van der Waals surface area contributed by atoms with E-state index in [4.69, 9.17) is 5.10 Å². The van der Waals surface area contributed by atoms with Crippen LogP contribution in [-0.4, -0.2) is 25.2 Å². The van der Waals surface area contributed by atoms with Gasteiger partial charge in [-0.1, -0.05) is 28.1 Å². The summed E-state index contributed by atoms with van der Waals surface area (Å²) >= 11 is 3.45. The van der Waals surface area contributed by atoms with Crippen molar-refractivity contribution in [1.82, 2.24) is 24.6 Å². The van der Waals surface area contributed by atoms with Crippen molar-refractivity contribution in [3.8, 4) is 5.82 Å². The second-order valence-corrected chi connectivity index (χ2v) is 7.67. The molecule has 3 aromatic heterocycles. The normalized spacial score (nSPS) is 11.1. The quantitative estimate of drug-likeness (QED) is 0.514. The molecule has 1 aromatic carbocycles. The van der Waals surface area contributed by atoms with E-state index in [2.05, 4.69) is 26.2 Å². The summed E-state index contributed by atoms with van der Waals surface area (Å²) in [7, 11) is 0. The zero-order chi connectivity index (χ0) is 19.7. The number of aryl methyl sites for hydroxylation is 2. The van der Waals surface area contributed by atoms with Crippen LogP contribution in [0.2, 0.25) is 0 Å². The Morgan fingerprint density at radius 3 is 2.68 bits per heavy atom. The van der Waals surface area contributed by atoms with Gasteiger partial charge in [0.25, 0.3) is 0 Å². The van der Waals surface area contributed by atoms with E-state index in [1.54, 1.807) is 4.68 Å². The molecule has 0 bridgehead atoms. The highest BCUT2D eigenvalue weighted by Gasteiger charge is 2.17. The Kier molecular flexibility index (Phi) is 5.00. The number of pyridine rings is 1. The molecule has 7 heteroatoms. The van der Waals surface area contributed by atoms with Gasteiger partial charge >= 0.3 is 0 Å². The van der Waals surface area contributed by atoms with E-state index in [0.717, 1.165) is 38.1 Å². The van der Waals surface area contributed by atoms with Crippen LogP contribution in [0.25, 0.3) is 16.9 Å². The zero-order valence-electron chi connectivity index (χ0n) is 15.7. The van der Waals surface area contributed by atoms with Crippen molar-refractivity contribution in [3.05, 3.63) is 76.2 Å². The Morgan fingerprint density at radius 1 is 1.14 bits per heavy atom. The molecule has 0 aliphatic heterocycles. The number of nitrogens with one attached hydrogen (secondary N) is 1. The Bertz CT molecular complexity index is 1150. The van der Waals surface area contributed by atoms with Gasteiger partial charge in [0.05, 0.1) is 5.39 Å². The molecule has 4 rings (SSSR count). The highest BCUT2D eigenvalue weighted by Crippen LogP contribution is 2.25. The Labute approximate surface area is 171 Å². The summed E-state index contributed by atoms with van der Waals surface area (Å²) in [5.41, 5.74) is 3.75. The van der Waals surface area contributed by atoms with Gasteiger partial charge in [0.2, 0.25) is 5.91 Å². The van der Waals surface area contributed by atoms with Crippen LogP contribution in [0.1, 0.15) is 16.8 Å². The van der Waals surface area contributed by atoms with Crippen molar-refractivity contribution in [2.75, 3.05) is 0 Å². The van der Waals surface area contributed by atoms with Gasteiger partial charge in [-0.05, 0) is 55.3 Å². The van der Waals surface area contributed by atoms with E-state index in [0.29, 0.717) is 6.54 Å². The zero-order valence-corrected chi connectivity index (χ0v) is 17.3. The Balaban J connectivity index is 1.62. The van der Waals surface area contributed by atoms with Crippen LogP contribution in [-0.2, 0) is 17.9 Å². The maximum Gasteiger partial charge on any atom is 0.242 e. The fourth-order valence-corrected chi connectivity index (χ4v) is 3.74. The number of amides is 1. The van der Waals surface area contributed by atoms with Crippen molar-refractivity contribution in [2.45, 2.75) is 26.9 Å². The van der Waals surface area contributed by atoms with E-state index < -0.39 is 0 Å². The Hall–Kier alpha value is -2.93. The monoisotopic (exact) mass is 437 g/mol. The smallest absolute Gasteiger partial charge is 0.242 e. The first-order chi connectivity index (χ1) is 13.5. The fraction of sp³-hybridized carbons (Fsp3) is 0.190. The van der Waals surface area contributed by atoms with Crippen molar-refractivity contribution in [3.63, 3.8) is 0 Å². The molecule has 6 nitrogen and oxygen atoms in total. The minimum Gasteiger partial charge on any atom is -0.350 e. The summed E-state index contributed by atoms with van der Waals surface area (Å²) in [6, 6.07) is 13.8. The molecule has 142 valence electrons. The molecule has 0 fully saturated rings. The molecule has 0 aliphatic carbocycles. The first kappa shape index (κ1) is 18.4. The van der Waals surface area contributed by atoms with Crippen molar-refractivity contribution >= 4 is 32.9 Å². The number of carbonyl (C=O) groups excluding carboxylic acids is 1. The van der Waals surface area contributed by atoms with Gasteiger partial charge in [-0.15, -0.1) is 0 Å². The number of hydrogen-bond acceptors (Lipinski definition) is 3. The lowest BCUT2D eigenvalue weighted by atomic mass is 10.2. The molecule has 0 unspecified atom stereocenters. The highest BCUT2D eigenvalue weighted by atomic mass is 79.9. The molecule has 28 heavy (non-hydrogen) atoms. The molecular weight excluding hydrogens is 418 g/mol. The maximum absolute atomic E-state index is 12.6. The van der Waals surface area contributed by atoms with Gasteiger partial charge in [0.15, 0.2) is 11.5 Å². The number of carbonyl (C=O) groups is 1. The first-order valence-corrected chi connectivity index (χ1v) is 9.80. The van der Waals surface area contributed by atoms with Crippen LogP contribution in [0, 0.1) is 13.8 Å². The predicted octanol–water partition coefficient (Wildman–Crippen LogP) is 3.92. The average molecular weight is 438 g/mol. The topological polar surface area (TPSA) is 64.7 Å². The standard InChI is InChI=1S/C21H20BrN5O/c1-14-10-15(2)24-20-19(14)21(26-8-3-4-9-26)25-27(20)13-18(28)23-12-16-6-5-7-17(22)11-16/h3-11H,12-13H2,1-2H3,(H,23,28). The summed E-state index contributed by atoms with van der Waals surface area (Å²) < 4.78 is 4.62. The van der Waals surface area contributed by atoms with Crippen molar-refractivity contribution in [2.24, 2.45) is 0 Å². The third-order valence-corrected chi connectivity index (χ3v) is 5.02. The number of aromatic nitrogens is 4. The summed E-state index contributed by atoms with van der Waals surface area (Å²) in [4.78, 5) is 17.2. The molecule has 0 radical (unpaired) electrons. The molecular formula is C21H20BrN5O. The molecule has 3 heterocycles. The second kappa shape index (κ2) is 7.59. The largest absolute Gasteiger partial charge is 0.350 e. The minimum atomic E-state index is -0.107. The molecule has 1 amide bonds. The minimum absolute atomic E-state index is 0.107. The van der Waals surface area contributed by atoms with Crippen LogP contribution in [0.4, 0.5) is 0 Å². The van der Waals surface area contributed by atoms with Crippen LogP contribution in [0.5, 0.6) is 0 Å². The summed E-state index contributed by atoms with van der Waals surface area (Å²) in [6.45, 7) is 4.57. The molecule has 0 aliphatic rings. The molecule has 0 saturated carbocycles. The summed E-state index contributed by atoms with van der Waals surface area (Å²) in [5, 5.41) is 8.61. The van der Waals surface area contributed by atoms with Gasteiger partial charge in [-0.3, -0.25) is 4.79 Å². The molecule has 0 spiro atoms. The number of halogens is 1. The van der Waals surface area contributed by atoms with E-state index in [1.165, 1.54) is 0 Å². The molecule has 4 aromatic rings. The van der Waals surface area contributed by atoms with Gasteiger partial charge in [0.1, 0.15) is 6.54 Å². The molecule has 1 N–H and O–H groups in total. The number of nitrogens with zero attached hydrogens (tertiary/aromatic N) is 4. The SMILES string of the molecule is Cc1cc(C)c2c(-n3cccc3)nn(CC(=O)NCc3cccc(Br)c3)c2n1. The molecule has 0 atom stereocenters. The van der Waals surface area contributed by atoms with Gasteiger partial charge in [0, 0.05) is 29.1 Å². The number of hydrogen-bond donors (Lipinski definition) is 1. The summed E-state index contributed by atoms with van der Waals surface area (Å²) in [6.07, 6.45) is 3.89. The van der Waals surface area contributed by atoms with Crippen LogP contribution >= 0.6 is 15.9 Å².